The van der Waals surface area contributed by atoms with Crippen LogP contribution in [0.1, 0.15) is 5.56 Å². The van der Waals surface area contributed by atoms with E-state index in [9.17, 15) is 8.42 Å². The van der Waals surface area contributed by atoms with Crippen molar-refractivity contribution >= 4 is 32.2 Å². The Morgan fingerprint density at radius 3 is 2.13 bits per heavy atom. The molecule has 0 aliphatic rings. The molecule has 0 radical (unpaired) electrons. The lowest BCUT2D eigenvalue weighted by atomic mass is 10.2. The molecular formula is C15H15BrN2O4S. The second kappa shape index (κ2) is 7.47. The molecule has 0 amide bonds. The smallest absolute Gasteiger partial charge is 0.276 e. The van der Waals surface area contributed by atoms with E-state index in [0.717, 1.165) is 4.47 Å². The average Bonchev–Trinajstić information content (AvgIpc) is 2.54. The van der Waals surface area contributed by atoms with E-state index in [2.05, 4.69) is 25.9 Å². The number of benzene rings is 2. The molecule has 2 aromatic rings. The van der Waals surface area contributed by atoms with Crippen LogP contribution in [0, 0.1) is 0 Å². The van der Waals surface area contributed by atoms with Gasteiger partial charge in [-0.2, -0.15) is 13.5 Å². The van der Waals surface area contributed by atoms with Crippen molar-refractivity contribution in [2.24, 2.45) is 5.10 Å². The van der Waals surface area contributed by atoms with Crippen molar-refractivity contribution in [3.8, 4) is 11.5 Å². The van der Waals surface area contributed by atoms with Crippen molar-refractivity contribution in [3.05, 3.63) is 52.5 Å². The van der Waals surface area contributed by atoms with Gasteiger partial charge < -0.3 is 9.47 Å². The third-order valence-corrected chi connectivity index (χ3v) is 4.65. The Kier molecular flexibility index (Phi) is 5.62. The summed E-state index contributed by atoms with van der Waals surface area (Å²) in [4.78, 5) is 2.29. The van der Waals surface area contributed by atoms with Crippen molar-refractivity contribution in [2.75, 3.05) is 14.2 Å². The van der Waals surface area contributed by atoms with Crippen molar-refractivity contribution in [3.63, 3.8) is 0 Å². The van der Waals surface area contributed by atoms with Crippen molar-refractivity contribution in [2.45, 2.75) is 4.90 Å². The summed E-state index contributed by atoms with van der Waals surface area (Å²) in [6, 6.07) is 11.4. The number of hydrazone groups is 1. The normalized spacial score (nSPS) is 11.4. The molecule has 1 N–H and O–H groups in total. The van der Waals surface area contributed by atoms with Gasteiger partial charge in [-0.25, -0.2) is 4.83 Å². The summed E-state index contributed by atoms with van der Waals surface area (Å²) in [6.45, 7) is 0. The standard InChI is InChI=1S/C15H15BrN2O4S/c1-21-13-7-11(8-14(9-13)22-2)10-17-18-23(19,20)15-5-3-12(16)4-6-15/h3-10,18H,1-2H3/b17-10-. The first-order valence-electron chi connectivity index (χ1n) is 6.48. The molecule has 0 unspecified atom stereocenters. The molecule has 0 aromatic heterocycles. The molecule has 2 aromatic carbocycles. The van der Waals surface area contributed by atoms with Gasteiger partial charge in [-0.3, -0.25) is 0 Å². The topological polar surface area (TPSA) is 77.0 Å². The van der Waals surface area contributed by atoms with Crippen LogP contribution >= 0.6 is 15.9 Å². The van der Waals surface area contributed by atoms with Crippen LogP contribution in [0.4, 0.5) is 0 Å². The summed E-state index contributed by atoms with van der Waals surface area (Å²) in [5, 5.41) is 3.78. The molecular weight excluding hydrogens is 384 g/mol. The Balaban J connectivity index is 2.16. The fourth-order valence-corrected chi connectivity index (χ4v) is 2.80. The van der Waals surface area contributed by atoms with Gasteiger partial charge in [-0.15, -0.1) is 0 Å². The Labute approximate surface area is 143 Å². The molecule has 23 heavy (non-hydrogen) atoms. The van der Waals surface area contributed by atoms with E-state index in [1.165, 1.54) is 32.6 Å². The molecule has 0 aliphatic carbocycles. The van der Waals surface area contributed by atoms with E-state index >= 15 is 0 Å². The zero-order chi connectivity index (χ0) is 16.9. The van der Waals surface area contributed by atoms with Crippen molar-refractivity contribution in [1.82, 2.24) is 4.83 Å². The van der Waals surface area contributed by atoms with Crippen molar-refractivity contribution < 1.29 is 17.9 Å². The molecule has 122 valence electrons. The van der Waals surface area contributed by atoms with Gasteiger partial charge in [0.15, 0.2) is 0 Å². The Morgan fingerprint density at radius 1 is 1.04 bits per heavy atom. The van der Waals surface area contributed by atoms with E-state index in [0.29, 0.717) is 17.1 Å². The Morgan fingerprint density at radius 2 is 1.61 bits per heavy atom. The molecule has 0 saturated carbocycles. The lowest BCUT2D eigenvalue weighted by molar-refractivity contribution is 0.394. The van der Waals surface area contributed by atoms with Gasteiger partial charge in [0.1, 0.15) is 11.5 Å². The first-order chi connectivity index (χ1) is 10.9. The van der Waals surface area contributed by atoms with Crippen molar-refractivity contribution in [1.29, 1.82) is 0 Å². The minimum Gasteiger partial charge on any atom is -0.497 e. The zero-order valence-electron chi connectivity index (χ0n) is 12.5. The monoisotopic (exact) mass is 398 g/mol. The maximum absolute atomic E-state index is 12.1. The molecule has 0 atom stereocenters. The summed E-state index contributed by atoms with van der Waals surface area (Å²) in [7, 11) is -0.642. The molecule has 8 heteroatoms. The van der Waals surface area contributed by atoms with Gasteiger partial charge in [0.25, 0.3) is 10.0 Å². The van der Waals surface area contributed by atoms with Crippen LogP contribution in [0.25, 0.3) is 0 Å². The highest BCUT2D eigenvalue weighted by molar-refractivity contribution is 9.10. The second-order valence-corrected chi connectivity index (χ2v) is 7.03. The number of hydrogen-bond donors (Lipinski definition) is 1. The number of methoxy groups -OCH3 is 2. The quantitative estimate of drug-likeness (QED) is 0.599. The number of hydrogen-bond acceptors (Lipinski definition) is 5. The van der Waals surface area contributed by atoms with Crippen LogP contribution in [-0.2, 0) is 10.0 Å². The first-order valence-corrected chi connectivity index (χ1v) is 8.76. The zero-order valence-corrected chi connectivity index (χ0v) is 14.9. The first kappa shape index (κ1) is 17.3. The van der Waals surface area contributed by atoms with Gasteiger partial charge in [0.2, 0.25) is 0 Å². The predicted octanol–water partition coefficient (Wildman–Crippen LogP) is 2.78. The highest BCUT2D eigenvalue weighted by Crippen LogP contribution is 2.21. The maximum Gasteiger partial charge on any atom is 0.276 e. The molecule has 0 bridgehead atoms. The highest BCUT2D eigenvalue weighted by Gasteiger charge is 2.12. The Hall–Kier alpha value is -2.06. The average molecular weight is 399 g/mol. The molecule has 0 aliphatic heterocycles. The number of rotatable bonds is 6. The van der Waals surface area contributed by atoms with Crippen LogP contribution in [0.3, 0.4) is 0 Å². The largest absolute Gasteiger partial charge is 0.497 e. The number of nitrogens with one attached hydrogen (secondary N) is 1. The third kappa shape index (κ3) is 4.70. The molecule has 0 heterocycles. The summed E-state index contributed by atoms with van der Waals surface area (Å²) >= 11 is 3.25. The summed E-state index contributed by atoms with van der Waals surface area (Å²) < 4.78 is 35.3. The minimum atomic E-state index is -3.71. The summed E-state index contributed by atoms with van der Waals surface area (Å²) in [5.74, 6) is 1.17. The van der Waals surface area contributed by atoms with Crippen LogP contribution in [-0.4, -0.2) is 28.9 Å². The fourth-order valence-electron chi connectivity index (χ4n) is 1.74. The maximum atomic E-state index is 12.1. The lowest BCUT2D eigenvalue weighted by Gasteiger charge is -2.06. The van der Waals surface area contributed by atoms with Crippen LogP contribution in [0.5, 0.6) is 11.5 Å². The van der Waals surface area contributed by atoms with E-state index in [1.807, 2.05) is 0 Å². The SMILES string of the molecule is COc1cc(/C=N\NS(=O)(=O)c2ccc(Br)cc2)cc(OC)c1. The number of sulfonamides is 1. The van der Waals surface area contributed by atoms with Crippen LogP contribution in [0.2, 0.25) is 0 Å². The summed E-state index contributed by atoms with van der Waals surface area (Å²) in [6.07, 6.45) is 1.38. The third-order valence-electron chi connectivity index (χ3n) is 2.88. The van der Waals surface area contributed by atoms with Crippen LogP contribution < -0.4 is 14.3 Å². The van der Waals surface area contributed by atoms with E-state index in [4.69, 9.17) is 9.47 Å². The molecule has 0 spiro atoms. The number of halogens is 1. The van der Waals surface area contributed by atoms with E-state index in [1.54, 1.807) is 30.3 Å². The Bertz CT molecular complexity index is 782. The van der Waals surface area contributed by atoms with E-state index < -0.39 is 10.0 Å². The predicted molar refractivity (Wildman–Crippen MR) is 91.6 cm³/mol. The fraction of sp³-hybridized carbons (Fsp3) is 0.133. The molecule has 2 rings (SSSR count). The van der Waals surface area contributed by atoms with E-state index in [-0.39, 0.29) is 4.90 Å². The summed E-state index contributed by atoms with van der Waals surface area (Å²) in [5.41, 5.74) is 0.639. The number of ether oxygens (including phenoxy) is 2. The molecule has 0 saturated heterocycles. The van der Waals surface area contributed by atoms with Gasteiger partial charge in [-0.1, -0.05) is 15.9 Å². The molecule has 0 fully saturated rings. The van der Waals surface area contributed by atoms with Gasteiger partial charge in [0, 0.05) is 16.1 Å². The van der Waals surface area contributed by atoms with Crippen LogP contribution in [0.15, 0.2) is 56.9 Å². The number of nitrogens with zero attached hydrogens (tertiary/aromatic N) is 1. The second-order valence-electron chi connectivity index (χ2n) is 4.45. The van der Waals surface area contributed by atoms with Gasteiger partial charge in [0.05, 0.1) is 25.3 Å². The minimum absolute atomic E-state index is 0.126. The van der Waals surface area contributed by atoms with Gasteiger partial charge >= 0.3 is 0 Å². The van der Waals surface area contributed by atoms with Gasteiger partial charge in [-0.05, 0) is 36.4 Å². The lowest BCUT2D eigenvalue weighted by Crippen LogP contribution is -2.18. The highest BCUT2D eigenvalue weighted by atomic mass is 79.9. The molecule has 6 nitrogen and oxygen atoms in total.